The highest BCUT2D eigenvalue weighted by molar-refractivity contribution is 6.03. The van der Waals surface area contributed by atoms with Crippen molar-refractivity contribution in [2.24, 2.45) is 5.92 Å². The maximum Gasteiger partial charge on any atom is 0.277 e. The Bertz CT molecular complexity index is 1380. The van der Waals surface area contributed by atoms with Gasteiger partial charge in [-0.05, 0) is 55.0 Å². The van der Waals surface area contributed by atoms with Gasteiger partial charge in [0.25, 0.3) is 5.91 Å². The van der Waals surface area contributed by atoms with Crippen LogP contribution in [0, 0.1) is 24.2 Å². The molecule has 1 aromatic heterocycles. The van der Waals surface area contributed by atoms with Crippen LogP contribution in [-0.4, -0.2) is 29.3 Å². The van der Waals surface area contributed by atoms with Crippen LogP contribution in [0.4, 0.5) is 11.4 Å². The third kappa shape index (κ3) is 4.84. The summed E-state index contributed by atoms with van der Waals surface area (Å²) in [6.07, 6.45) is 1.52. The Balaban J connectivity index is 1.34. The second kappa shape index (κ2) is 10.3. The van der Waals surface area contributed by atoms with Crippen molar-refractivity contribution in [3.05, 3.63) is 113 Å². The predicted molar refractivity (Wildman–Crippen MR) is 141 cm³/mol. The van der Waals surface area contributed by atoms with Gasteiger partial charge in [-0.3, -0.25) is 4.79 Å². The van der Waals surface area contributed by atoms with Gasteiger partial charge in [0.15, 0.2) is 5.69 Å². The van der Waals surface area contributed by atoms with Crippen LogP contribution >= 0.6 is 0 Å². The van der Waals surface area contributed by atoms with E-state index in [2.05, 4.69) is 21.4 Å². The molecule has 0 aliphatic carbocycles. The molecule has 0 spiro atoms. The number of anilines is 2. The van der Waals surface area contributed by atoms with Crippen LogP contribution in [0.25, 0.3) is 0 Å². The summed E-state index contributed by atoms with van der Waals surface area (Å²) in [5, 5.41) is 28.5. The minimum Gasteiger partial charge on any atom is -0.380 e. The van der Waals surface area contributed by atoms with E-state index in [1.165, 1.54) is 0 Å². The molecule has 0 bridgehead atoms. The van der Waals surface area contributed by atoms with Crippen LogP contribution in [0.1, 0.15) is 45.8 Å². The molecule has 1 fully saturated rings. The number of benzene rings is 3. The van der Waals surface area contributed by atoms with Crippen molar-refractivity contribution in [2.75, 3.05) is 23.3 Å². The number of amides is 1. The molecule has 1 saturated heterocycles. The SMILES string of the molecule is Cc1cc(C(=O)Nc2ccc(N3CCC(C(O)(c4ccccc4)c4ccccc4)CC3)c(C#N)c2)no1. The predicted octanol–water partition coefficient (Wildman–Crippen LogP) is 5.26. The zero-order chi connectivity index (χ0) is 25.8. The number of nitrogens with one attached hydrogen (secondary N) is 1. The van der Waals surface area contributed by atoms with E-state index >= 15 is 0 Å². The Kier molecular flexibility index (Phi) is 6.76. The van der Waals surface area contributed by atoms with Gasteiger partial charge in [0.2, 0.25) is 0 Å². The van der Waals surface area contributed by atoms with Crippen LogP contribution in [-0.2, 0) is 5.60 Å². The lowest BCUT2D eigenvalue weighted by molar-refractivity contribution is 0.00505. The van der Waals surface area contributed by atoms with Crippen LogP contribution in [0.15, 0.2) is 89.5 Å². The Hall–Kier alpha value is -4.41. The van der Waals surface area contributed by atoms with Crippen molar-refractivity contribution in [1.29, 1.82) is 5.26 Å². The number of carbonyl (C=O) groups excluding carboxylic acids is 1. The summed E-state index contributed by atoms with van der Waals surface area (Å²) in [5.41, 5.74) is 2.68. The largest absolute Gasteiger partial charge is 0.380 e. The van der Waals surface area contributed by atoms with Gasteiger partial charge in [-0.15, -0.1) is 0 Å². The molecular formula is C30H28N4O3. The van der Waals surface area contributed by atoms with Crippen LogP contribution < -0.4 is 10.2 Å². The molecule has 5 rings (SSSR count). The van der Waals surface area contributed by atoms with Gasteiger partial charge >= 0.3 is 0 Å². The van der Waals surface area contributed by atoms with Gasteiger partial charge in [-0.1, -0.05) is 65.8 Å². The highest BCUT2D eigenvalue weighted by Crippen LogP contribution is 2.42. The number of piperidine rings is 1. The molecule has 186 valence electrons. The van der Waals surface area contributed by atoms with Crippen molar-refractivity contribution < 1.29 is 14.4 Å². The molecular weight excluding hydrogens is 464 g/mol. The number of aromatic nitrogens is 1. The van der Waals surface area contributed by atoms with Gasteiger partial charge in [0, 0.05) is 24.8 Å². The van der Waals surface area contributed by atoms with Gasteiger partial charge in [0.05, 0.1) is 11.3 Å². The first-order valence-corrected chi connectivity index (χ1v) is 12.4. The fourth-order valence-electron chi connectivity index (χ4n) is 5.21. The van der Waals surface area contributed by atoms with Crippen molar-refractivity contribution in [3.8, 4) is 6.07 Å². The van der Waals surface area contributed by atoms with Crippen molar-refractivity contribution in [3.63, 3.8) is 0 Å². The smallest absolute Gasteiger partial charge is 0.277 e. The second-order valence-electron chi connectivity index (χ2n) is 9.38. The summed E-state index contributed by atoms with van der Waals surface area (Å²) in [4.78, 5) is 14.6. The molecule has 1 amide bonds. The van der Waals surface area contributed by atoms with Gasteiger partial charge < -0.3 is 19.8 Å². The summed E-state index contributed by atoms with van der Waals surface area (Å²) in [6, 6.07) is 28.9. The average Bonchev–Trinajstić information content (AvgIpc) is 3.40. The first-order valence-electron chi connectivity index (χ1n) is 12.4. The highest BCUT2D eigenvalue weighted by Gasteiger charge is 2.41. The molecule has 2 N–H and O–H groups in total. The average molecular weight is 493 g/mol. The van der Waals surface area contributed by atoms with E-state index in [9.17, 15) is 15.2 Å². The molecule has 7 nitrogen and oxygen atoms in total. The van der Waals surface area contributed by atoms with E-state index < -0.39 is 11.5 Å². The highest BCUT2D eigenvalue weighted by atomic mass is 16.5. The Morgan fingerprint density at radius 1 is 1.03 bits per heavy atom. The third-order valence-corrected chi connectivity index (χ3v) is 7.09. The second-order valence-corrected chi connectivity index (χ2v) is 9.38. The number of aryl methyl sites for hydroxylation is 1. The zero-order valence-electron chi connectivity index (χ0n) is 20.6. The number of nitriles is 1. The standard InChI is InChI=1S/C30H28N4O3/c1-21-18-27(33-37-21)29(35)32-26-12-13-28(22(19-26)20-31)34-16-14-25(15-17-34)30(36,23-8-4-2-5-9-23)24-10-6-3-7-11-24/h2-13,18-19,25,36H,14-17H2,1H3,(H,32,35). The molecule has 3 aromatic carbocycles. The number of hydrogen-bond donors (Lipinski definition) is 2. The minimum atomic E-state index is -1.10. The van der Waals surface area contributed by atoms with E-state index in [1.807, 2.05) is 66.7 Å². The van der Waals surface area contributed by atoms with E-state index in [4.69, 9.17) is 4.52 Å². The Labute approximate surface area is 216 Å². The maximum absolute atomic E-state index is 12.4. The maximum atomic E-state index is 12.4. The van der Waals surface area contributed by atoms with Gasteiger partial charge in [-0.2, -0.15) is 5.26 Å². The lowest BCUT2D eigenvalue weighted by Crippen LogP contribution is -2.44. The monoisotopic (exact) mass is 492 g/mol. The number of carbonyl (C=O) groups is 1. The minimum absolute atomic E-state index is 0.0172. The van der Waals surface area contributed by atoms with E-state index in [0.717, 1.165) is 29.7 Å². The molecule has 0 atom stereocenters. The summed E-state index contributed by atoms with van der Waals surface area (Å²) in [5.74, 6) is 0.173. The number of rotatable bonds is 6. The topological polar surface area (TPSA) is 102 Å². The first kappa shape index (κ1) is 24.3. The molecule has 0 saturated carbocycles. The fourth-order valence-corrected chi connectivity index (χ4v) is 5.21. The van der Waals surface area contributed by atoms with Gasteiger partial charge in [0.1, 0.15) is 17.4 Å². The number of nitrogens with zero attached hydrogens (tertiary/aromatic N) is 3. The Morgan fingerprint density at radius 2 is 1.65 bits per heavy atom. The van der Waals surface area contributed by atoms with Crippen molar-refractivity contribution >= 4 is 17.3 Å². The molecule has 0 unspecified atom stereocenters. The van der Waals surface area contributed by atoms with E-state index in [0.29, 0.717) is 30.1 Å². The lowest BCUT2D eigenvalue weighted by atomic mass is 9.72. The molecule has 1 aliphatic rings. The molecule has 0 radical (unpaired) electrons. The zero-order valence-corrected chi connectivity index (χ0v) is 20.6. The molecule has 37 heavy (non-hydrogen) atoms. The van der Waals surface area contributed by atoms with Crippen LogP contribution in [0.2, 0.25) is 0 Å². The number of hydrogen-bond acceptors (Lipinski definition) is 6. The molecule has 4 aromatic rings. The third-order valence-electron chi connectivity index (χ3n) is 7.09. The fraction of sp³-hybridized carbons (Fsp3) is 0.233. The summed E-state index contributed by atoms with van der Waals surface area (Å²) < 4.78 is 4.97. The van der Waals surface area contributed by atoms with E-state index in [-0.39, 0.29) is 11.6 Å². The van der Waals surface area contributed by atoms with Crippen LogP contribution in [0.5, 0.6) is 0 Å². The Morgan fingerprint density at radius 3 is 2.19 bits per heavy atom. The van der Waals surface area contributed by atoms with Crippen molar-refractivity contribution in [2.45, 2.75) is 25.4 Å². The number of aliphatic hydroxyl groups is 1. The summed E-state index contributed by atoms with van der Waals surface area (Å²) in [6.45, 7) is 3.12. The summed E-state index contributed by atoms with van der Waals surface area (Å²) in [7, 11) is 0. The molecule has 7 heteroatoms. The lowest BCUT2D eigenvalue weighted by Gasteiger charge is -2.43. The van der Waals surface area contributed by atoms with Crippen LogP contribution in [0.3, 0.4) is 0 Å². The van der Waals surface area contributed by atoms with Gasteiger partial charge in [-0.25, -0.2) is 0 Å². The van der Waals surface area contributed by atoms with Crippen molar-refractivity contribution in [1.82, 2.24) is 5.16 Å². The molecule has 2 heterocycles. The normalized spacial score (nSPS) is 14.2. The molecule has 1 aliphatic heterocycles. The van der Waals surface area contributed by atoms with E-state index in [1.54, 1.807) is 25.1 Å². The first-order chi connectivity index (χ1) is 18.0. The quantitative estimate of drug-likeness (QED) is 0.381. The summed E-state index contributed by atoms with van der Waals surface area (Å²) >= 11 is 0.